The minimum atomic E-state index is -0.373. The van der Waals surface area contributed by atoms with Gasteiger partial charge < -0.3 is 0 Å². The molecule has 31 heavy (non-hydrogen) atoms. The van der Waals surface area contributed by atoms with Gasteiger partial charge in [0.15, 0.2) is 0 Å². The Bertz CT molecular complexity index is 594. The lowest BCUT2D eigenvalue weighted by atomic mass is 10.0. The summed E-state index contributed by atoms with van der Waals surface area (Å²) >= 11 is 0. The van der Waals surface area contributed by atoms with Gasteiger partial charge in [0, 0.05) is 12.6 Å². The first-order valence-electron chi connectivity index (χ1n) is 12.9. The SMILES string of the molecule is CCCCCCCCCCCCCCCCCCC=Cc1ccccc1C(=O)N(C)O. The molecule has 1 aromatic carbocycles. The van der Waals surface area contributed by atoms with Gasteiger partial charge in [0.05, 0.1) is 0 Å². The van der Waals surface area contributed by atoms with Gasteiger partial charge in [-0.05, 0) is 24.5 Å². The predicted octanol–water partition coefficient (Wildman–Crippen LogP) is 8.81. The van der Waals surface area contributed by atoms with Gasteiger partial charge in [-0.3, -0.25) is 10.0 Å². The second-order valence-corrected chi connectivity index (χ2v) is 8.91. The van der Waals surface area contributed by atoms with E-state index >= 15 is 0 Å². The molecule has 3 heteroatoms. The van der Waals surface area contributed by atoms with Gasteiger partial charge >= 0.3 is 0 Å². The van der Waals surface area contributed by atoms with Crippen molar-refractivity contribution in [2.75, 3.05) is 7.05 Å². The number of allylic oxidation sites excluding steroid dienone is 1. The minimum absolute atomic E-state index is 0.373. The highest BCUT2D eigenvalue weighted by molar-refractivity contribution is 5.96. The molecule has 0 aliphatic carbocycles. The molecule has 0 aromatic heterocycles. The van der Waals surface area contributed by atoms with Crippen LogP contribution in [0.2, 0.25) is 0 Å². The third-order valence-corrected chi connectivity index (χ3v) is 6.01. The van der Waals surface area contributed by atoms with Crippen LogP contribution in [-0.4, -0.2) is 23.2 Å². The Morgan fingerprint density at radius 2 is 1.23 bits per heavy atom. The molecule has 0 spiro atoms. The van der Waals surface area contributed by atoms with Gasteiger partial charge in [0.25, 0.3) is 5.91 Å². The van der Waals surface area contributed by atoms with Crippen molar-refractivity contribution < 1.29 is 10.0 Å². The zero-order chi connectivity index (χ0) is 22.6. The lowest BCUT2D eigenvalue weighted by Gasteiger charge is -2.10. The zero-order valence-electron chi connectivity index (χ0n) is 20.3. The average molecular weight is 430 g/mol. The van der Waals surface area contributed by atoms with E-state index < -0.39 is 0 Å². The van der Waals surface area contributed by atoms with E-state index in [1.54, 1.807) is 6.07 Å². The van der Waals surface area contributed by atoms with Crippen LogP contribution in [0.1, 0.15) is 132 Å². The first-order valence-corrected chi connectivity index (χ1v) is 12.9. The number of nitrogens with zero attached hydrogens (tertiary/aromatic N) is 1. The highest BCUT2D eigenvalue weighted by Gasteiger charge is 2.11. The van der Waals surface area contributed by atoms with Gasteiger partial charge in [-0.1, -0.05) is 134 Å². The maximum atomic E-state index is 12.0. The molecular formula is C28H47NO2. The quantitative estimate of drug-likeness (QED) is 0.135. The van der Waals surface area contributed by atoms with E-state index in [0.717, 1.165) is 12.0 Å². The normalized spacial score (nSPS) is 11.3. The molecule has 0 aliphatic rings. The number of benzene rings is 1. The maximum Gasteiger partial charge on any atom is 0.277 e. The summed E-state index contributed by atoms with van der Waals surface area (Å²) in [7, 11) is 1.36. The van der Waals surface area contributed by atoms with Crippen molar-refractivity contribution in [3.63, 3.8) is 0 Å². The van der Waals surface area contributed by atoms with Gasteiger partial charge in [-0.25, -0.2) is 5.06 Å². The van der Waals surface area contributed by atoms with Gasteiger partial charge in [0.1, 0.15) is 0 Å². The number of unbranched alkanes of at least 4 members (excludes halogenated alkanes) is 16. The molecule has 1 amide bonds. The lowest BCUT2D eigenvalue weighted by molar-refractivity contribution is -0.0375. The molecule has 0 bridgehead atoms. The summed E-state index contributed by atoms with van der Waals surface area (Å²) < 4.78 is 0. The molecule has 0 unspecified atom stereocenters. The van der Waals surface area contributed by atoms with Crippen molar-refractivity contribution >= 4 is 12.0 Å². The molecule has 0 radical (unpaired) electrons. The van der Waals surface area contributed by atoms with Crippen molar-refractivity contribution in [1.82, 2.24) is 5.06 Å². The fourth-order valence-electron chi connectivity index (χ4n) is 4.03. The van der Waals surface area contributed by atoms with Gasteiger partial charge in [-0.15, -0.1) is 0 Å². The van der Waals surface area contributed by atoms with E-state index in [2.05, 4.69) is 13.0 Å². The van der Waals surface area contributed by atoms with Crippen LogP contribution in [0.5, 0.6) is 0 Å². The number of carbonyl (C=O) groups is 1. The number of hydrogen-bond acceptors (Lipinski definition) is 2. The van der Waals surface area contributed by atoms with Crippen molar-refractivity contribution in [3.05, 3.63) is 41.5 Å². The van der Waals surface area contributed by atoms with E-state index in [1.165, 1.54) is 110 Å². The Morgan fingerprint density at radius 3 is 1.71 bits per heavy atom. The predicted molar refractivity (Wildman–Crippen MR) is 134 cm³/mol. The zero-order valence-corrected chi connectivity index (χ0v) is 20.3. The van der Waals surface area contributed by atoms with Crippen LogP contribution in [0.4, 0.5) is 0 Å². The van der Waals surface area contributed by atoms with Crippen LogP contribution in [0.25, 0.3) is 6.08 Å². The first kappa shape index (κ1) is 27.4. The topological polar surface area (TPSA) is 40.5 Å². The fourth-order valence-corrected chi connectivity index (χ4v) is 4.03. The standard InChI is InChI=1S/C28H47NO2/c1-3-4-5-6-7-8-9-10-11-12-13-14-15-16-17-18-19-20-23-26-24-21-22-25-27(26)28(30)29(2)31/h20-25,31H,3-19H2,1-2H3. The summed E-state index contributed by atoms with van der Waals surface area (Å²) in [5.74, 6) is -0.373. The smallest absolute Gasteiger partial charge is 0.277 e. The van der Waals surface area contributed by atoms with Crippen molar-refractivity contribution in [2.45, 2.75) is 116 Å². The van der Waals surface area contributed by atoms with Crippen molar-refractivity contribution in [1.29, 1.82) is 0 Å². The minimum Gasteiger partial charge on any atom is -0.286 e. The highest BCUT2D eigenvalue weighted by Crippen LogP contribution is 2.16. The summed E-state index contributed by atoms with van der Waals surface area (Å²) in [6, 6.07) is 7.41. The monoisotopic (exact) mass is 429 g/mol. The van der Waals surface area contributed by atoms with Crippen LogP contribution < -0.4 is 0 Å². The second-order valence-electron chi connectivity index (χ2n) is 8.91. The summed E-state index contributed by atoms with van der Waals surface area (Å²) in [6.07, 6.45) is 27.4. The highest BCUT2D eigenvalue weighted by atomic mass is 16.5. The average Bonchev–Trinajstić information content (AvgIpc) is 2.78. The largest absolute Gasteiger partial charge is 0.286 e. The third kappa shape index (κ3) is 14.1. The van der Waals surface area contributed by atoms with Gasteiger partial charge in [0.2, 0.25) is 0 Å². The number of amides is 1. The summed E-state index contributed by atoms with van der Waals surface area (Å²) in [4.78, 5) is 12.0. The maximum absolute atomic E-state index is 12.0. The Morgan fingerprint density at radius 1 is 0.774 bits per heavy atom. The van der Waals surface area contributed by atoms with E-state index in [9.17, 15) is 10.0 Å². The Labute approximate surface area is 191 Å². The molecule has 0 saturated carbocycles. The molecule has 3 nitrogen and oxygen atoms in total. The number of hydroxylamine groups is 2. The molecule has 1 aromatic rings. The molecule has 0 fully saturated rings. The summed E-state index contributed by atoms with van der Waals surface area (Å²) in [6.45, 7) is 2.28. The van der Waals surface area contributed by atoms with E-state index in [0.29, 0.717) is 10.6 Å². The molecule has 1 N–H and O–H groups in total. The van der Waals surface area contributed by atoms with Crippen LogP contribution in [0, 0.1) is 0 Å². The van der Waals surface area contributed by atoms with Crippen LogP contribution >= 0.6 is 0 Å². The summed E-state index contributed by atoms with van der Waals surface area (Å²) in [5.41, 5.74) is 1.40. The molecular weight excluding hydrogens is 382 g/mol. The van der Waals surface area contributed by atoms with Crippen LogP contribution in [0.3, 0.4) is 0 Å². The molecule has 176 valence electrons. The second kappa shape index (κ2) is 19.1. The van der Waals surface area contributed by atoms with E-state index in [4.69, 9.17) is 0 Å². The fraction of sp³-hybridized carbons (Fsp3) is 0.679. The third-order valence-electron chi connectivity index (χ3n) is 6.01. The number of rotatable bonds is 19. The van der Waals surface area contributed by atoms with Gasteiger partial charge in [-0.2, -0.15) is 0 Å². The molecule has 0 heterocycles. The number of carbonyl (C=O) groups excluding carboxylic acids is 1. The van der Waals surface area contributed by atoms with Crippen molar-refractivity contribution in [3.8, 4) is 0 Å². The Kier molecular flexibility index (Phi) is 16.9. The number of hydrogen-bond donors (Lipinski definition) is 1. The Balaban J connectivity index is 1.95. The molecule has 1 rings (SSSR count). The summed E-state index contributed by atoms with van der Waals surface area (Å²) in [5, 5.41) is 10.0. The van der Waals surface area contributed by atoms with E-state index in [-0.39, 0.29) is 5.91 Å². The van der Waals surface area contributed by atoms with Crippen LogP contribution in [-0.2, 0) is 0 Å². The molecule has 0 atom stereocenters. The van der Waals surface area contributed by atoms with E-state index in [1.807, 2.05) is 24.3 Å². The lowest BCUT2D eigenvalue weighted by Crippen LogP contribution is -2.23. The van der Waals surface area contributed by atoms with Crippen molar-refractivity contribution in [2.24, 2.45) is 0 Å². The molecule has 0 aliphatic heterocycles. The van der Waals surface area contributed by atoms with Crippen LogP contribution in [0.15, 0.2) is 30.3 Å². The Hall–Kier alpha value is -1.61. The first-order chi connectivity index (χ1) is 15.2. The molecule has 0 saturated heterocycles.